The van der Waals surface area contributed by atoms with Gasteiger partial charge in [0.1, 0.15) is 11.2 Å². The summed E-state index contributed by atoms with van der Waals surface area (Å²) in [6.45, 7) is 0.0214. The zero-order chi connectivity index (χ0) is 30.2. The fourth-order valence-corrected chi connectivity index (χ4v) is 7.83. The summed E-state index contributed by atoms with van der Waals surface area (Å²) in [7, 11) is 0. The first kappa shape index (κ1) is 25.3. The van der Waals surface area contributed by atoms with Gasteiger partial charge in [-0.1, -0.05) is 109 Å². The molecule has 10 rings (SSSR count). The first-order valence-corrected chi connectivity index (χ1v) is 15.8. The average molecular weight is 587 g/mol. The van der Waals surface area contributed by atoms with Gasteiger partial charge in [-0.05, 0) is 76.5 Å². The van der Waals surface area contributed by atoms with Crippen LogP contribution >= 0.6 is 0 Å². The predicted octanol–water partition coefficient (Wildman–Crippen LogP) is 9.34. The number of hydrogen-bond acceptors (Lipinski definition) is 3. The van der Waals surface area contributed by atoms with Crippen LogP contribution in [-0.4, -0.2) is 6.71 Å². The van der Waals surface area contributed by atoms with Crippen LogP contribution in [0.25, 0.3) is 33.1 Å². The van der Waals surface area contributed by atoms with E-state index in [1.807, 2.05) is 6.07 Å². The molecular weight excluding hydrogens is 559 g/mol. The van der Waals surface area contributed by atoms with Crippen molar-refractivity contribution in [2.45, 2.75) is 0 Å². The van der Waals surface area contributed by atoms with E-state index in [0.29, 0.717) is 0 Å². The fourth-order valence-electron chi connectivity index (χ4n) is 7.83. The Kier molecular flexibility index (Phi) is 5.37. The van der Waals surface area contributed by atoms with Crippen molar-refractivity contribution in [1.29, 1.82) is 0 Å². The zero-order valence-electron chi connectivity index (χ0n) is 25.0. The Hall–Kier alpha value is -6.00. The van der Waals surface area contributed by atoms with Crippen molar-refractivity contribution < 1.29 is 4.42 Å². The highest BCUT2D eigenvalue weighted by Crippen LogP contribution is 2.45. The van der Waals surface area contributed by atoms with Crippen LogP contribution in [-0.2, 0) is 0 Å². The van der Waals surface area contributed by atoms with E-state index in [-0.39, 0.29) is 6.71 Å². The summed E-state index contributed by atoms with van der Waals surface area (Å²) in [5.74, 6) is 0. The zero-order valence-corrected chi connectivity index (χ0v) is 25.0. The lowest BCUT2D eigenvalue weighted by molar-refractivity contribution is 0.670. The molecule has 2 aliphatic heterocycles. The highest BCUT2D eigenvalue weighted by Gasteiger charge is 2.44. The maximum absolute atomic E-state index is 6.64. The van der Waals surface area contributed by atoms with E-state index >= 15 is 0 Å². The van der Waals surface area contributed by atoms with Crippen molar-refractivity contribution in [3.63, 3.8) is 0 Å². The molecule has 0 N–H and O–H groups in total. The Morgan fingerprint density at radius 1 is 0.391 bits per heavy atom. The summed E-state index contributed by atoms with van der Waals surface area (Å²) in [6.07, 6.45) is 0. The summed E-state index contributed by atoms with van der Waals surface area (Å²) >= 11 is 0. The Balaban J connectivity index is 1.33. The molecule has 0 saturated heterocycles. The van der Waals surface area contributed by atoms with E-state index < -0.39 is 0 Å². The molecule has 0 fully saturated rings. The third-order valence-corrected chi connectivity index (χ3v) is 9.66. The quantitative estimate of drug-likeness (QED) is 0.192. The topological polar surface area (TPSA) is 19.6 Å². The molecule has 3 heterocycles. The van der Waals surface area contributed by atoms with E-state index in [1.165, 1.54) is 44.7 Å². The van der Waals surface area contributed by atoms with Crippen LogP contribution in [0.1, 0.15) is 0 Å². The highest BCUT2D eigenvalue weighted by molar-refractivity contribution is 7.01. The molecule has 4 heteroatoms. The molecule has 0 bridgehead atoms. The van der Waals surface area contributed by atoms with E-state index in [1.54, 1.807) is 0 Å². The maximum atomic E-state index is 6.64. The van der Waals surface area contributed by atoms with Crippen molar-refractivity contribution in [3.8, 4) is 11.1 Å². The van der Waals surface area contributed by atoms with Gasteiger partial charge < -0.3 is 14.2 Å². The summed E-state index contributed by atoms with van der Waals surface area (Å²) in [5.41, 5.74) is 15.1. The third kappa shape index (κ3) is 3.50. The monoisotopic (exact) mass is 586 g/mol. The lowest BCUT2D eigenvalue weighted by Gasteiger charge is -2.44. The van der Waals surface area contributed by atoms with Crippen molar-refractivity contribution in [2.75, 3.05) is 9.80 Å². The first-order chi connectivity index (χ1) is 22.9. The van der Waals surface area contributed by atoms with Crippen molar-refractivity contribution >= 4 is 79.2 Å². The average Bonchev–Trinajstić information content (AvgIpc) is 3.51. The molecule has 3 nitrogen and oxygen atoms in total. The second kappa shape index (κ2) is 9.75. The normalized spacial score (nSPS) is 13.1. The molecule has 0 spiro atoms. The molecular formula is C42H27BN2O. The van der Waals surface area contributed by atoms with Gasteiger partial charge in [-0.2, -0.15) is 0 Å². The van der Waals surface area contributed by atoms with E-state index in [2.05, 4.69) is 168 Å². The number of nitrogens with zero attached hydrogens (tertiary/aromatic N) is 2. The Morgan fingerprint density at radius 2 is 0.913 bits per heavy atom. The second-order valence-corrected chi connectivity index (χ2v) is 12.1. The first-order valence-electron chi connectivity index (χ1n) is 15.8. The molecule has 0 aliphatic carbocycles. The molecule has 8 aromatic rings. The Labute approximate surface area is 267 Å². The van der Waals surface area contributed by atoms with Crippen LogP contribution in [0.2, 0.25) is 0 Å². The molecule has 0 radical (unpaired) electrons. The summed E-state index contributed by atoms with van der Waals surface area (Å²) in [5, 5.41) is 2.28. The van der Waals surface area contributed by atoms with Crippen molar-refractivity contribution in [1.82, 2.24) is 0 Å². The van der Waals surface area contributed by atoms with Crippen LogP contribution in [0.15, 0.2) is 168 Å². The van der Waals surface area contributed by atoms with E-state index in [9.17, 15) is 0 Å². The van der Waals surface area contributed by atoms with Gasteiger partial charge in [0, 0.05) is 50.5 Å². The molecule has 2 aliphatic rings. The number of anilines is 6. The number of benzene rings is 7. The molecule has 0 unspecified atom stereocenters. The van der Waals surface area contributed by atoms with Crippen LogP contribution in [0.4, 0.5) is 34.1 Å². The second-order valence-electron chi connectivity index (χ2n) is 12.1. The van der Waals surface area contributed by atoms with Crippen LogP contribution in [0.3, 0.4) is 0 Å². The smallest absolute Gasteiger partial charge is 0.252 e. The van der Waals surface area contributed by atoms with E-state index in [0.717, 1.165) is 38.9 Å². The minimum Gasteiger partial charge on any atom is -0.455 e. The van der Waals surface area contributed by atoms with Crippen molar-refractivity contribution in [3.05, 3.63) is 164 Å². The van der Waals surface area contributed by atoms with Gasteiger partial charge in [0.2, 0.25) is 0 Å². The van der Waals surface area contributed by atoms with Crippen molar-refractivity contribution in [2.24, 2.45) is 0 Å². The molecule has 1 aromatic heterocycles. The van der Waals surface area contributed by atoms with Gasteiger partial charge in [0.05, 0.1) is 0 Å². The molecule has 46 heavy (non-hydrogen) atoms. The lowest BCUT2D eigenvalue weighted by Crippen LogP contribution is -2.61. The number of para-hydroxylation sites is 5. The van der Waals surface area contributed by atoms with Gasteiger partial charge in [-0.3, -0.25) is 0 Å². The SMILES string of the molecule is c1ccc(N2c3ccccc3B3c4c(-c5cccc6c5oc5ccccc56)cccc4N(c4ccccc4)c4cccc2c43)cc1. The standard InChI is InChI=1S/C42H27BN2O/c1-3-14-28(15-4-1)44-35-23-9-8-22-34(35)43-40-31(33-21-11-20-32-30-18-7-10-27-39(30)46-42(32)33)19-12-24-36(40)45(29-16-5-2-6-17-29)38-26-13-25-37(44)41(38)43/h1-27H. The minimum absolute atomic E-state index is 0.0214. The lowest BCUT2D eigenvalue weighted by atomic mass is 9.32. The fraction of sp³-hybridized carbons (Fsp3) is 0. The number of furan rings is 1. The maximum Gasteiger partial charge on any atom is 0.252 e. The van der Waals surface area contributed by atoms with Gasteiger partial charge in [-0.25, -0.2) is 0 Å². The Bertz CT molecular complexity index is 2440. The summed E-state index contributed by atoms with van der Waals surface area (Å²) in [6, 6.07) is 58.9. The summed E-state index contributed by atoms with van der Waals surface area (Å²) in [4.78, 5) is 4.88. The van der Waals surface area contributed by atoms with E-state index in [4.69, 9.17) is 4.42 Å². The van der Waals surface area contributed by atoms with Crippen LogP contribution < -0.4 is 26.2 Å². The van der Waals surface area contributed by atoms with Gasteiger partial charge >= 0.3 is 0 Å². The summed E-state index contributed by atoms with van der Waals surface area (Å²) < 4.78 is 6.64. The molecule has 214 valence electrons. The molecule has 0 saturated carbocycles. The van der Waals surface area contributed by atoms with Gasteiger partial charge in [-0.15, -0.1) is 0 Å². The Morgan fingerprint density at radius 3 is 1.67 bits per heavy atom. The number of hydrogen-bond donors (Lipinski definition) is 0. The van der Waals surface area contributed by atoms with Gasteiger partial charge in [0.25, 0.3) is 6.71 Å². The number of fused-ring (bicyclic) bond motifs is 7. The molecule has 0 atom stereocenters. The minimum atomic E-state index is 0.0214. The third-order valence-electron chi connectivity index (χ3n) is 9.66. The largest absolute Gasteiger partial charge is 0.455 e. The van der Waals surface area contributed by atoms with Crippen LogP contribution in [0.5, 0.6) is 0 Å². The predicted molar refractivity (Wildman–Crippen MR) is 193 cm³/mol. The highest BCUT2D eigenvalue weighted by atomic mass is 16.3. The van der Waals surface area contributed by atoms with Crippen LogP contribution in [0, 0.1) is 0 Å². The number of rotatable bonds is 3. The molecule has 0 amide bonds. The van der Waals surface area contributed by atoms with Gasteiger partial charge in [0.15, 0.2) is 0 Å². The molecule has 7 aromatic carbocycles.